The topological polar surface area (TPSA) is 12.0 Å². The molecule has 0 aromatic heterocycles. The van der Waals surface area contributed by atoms with Crippen molar-refractivity contribution >= 4 is 21.6 Å². The fraction of sp³-hybridized carbons (Fsp3) is 0.538. The molecule has 0 aliphatic heterocycles. The van der Waals surface area contributed by atoms with Crippen molar-refractivity contribution in [2.24, 2.45) is 5.92 Å². The molecule has 17 heavy (non-hydrogen) atoms. The first kappa shape index (κ1) is 12.8. The first-order valence-electron chi connectivity index (χ1n) is 6.01. The lowest BCUT2D eigenvalue weighted by atomic mass is 10.1. The third-order valence-corrected chi connectivity index (χ3v) is 4.10. The molecule has 0 spiro atoms. The van der Waals surface area contributed by atoms with Gasteiger partial charge in [-0.15, -0.1) is 0 Å². The SMILES string of the molecule is CCC1CCC(Nc2cc(F)c(Br)cc2F)C1. The Hall–Kier alpha value is -0.640. The lowest BCUT2D eigenvalue weighted by molar-refractivity contribution is 0.524. The molecule has 1 fully saturated rings. The van der Waals surface area contributed by atoms with Gasteiger partial charge in [-0.3, -0.25) is 0 Å². The van der Waals surface area contributed by atoms with Crippen LogP contribution < -0.4 is 5.32 Å². The van der Waals surface area contributed by atoms with Crippen molar-refractivity contribution in [2.75, 3.05) is 5.32 Å². The van der Waals surface area contributed by atoms with Gasteiger partial charge < -0.3 is 5.32 Å². The molecule has 1 aromatic rings. The van der Waals surface area contributed by atoms with Gasteiger partial charge in [0.15, 0.2) is 0 Å². The van der Waals surface area contributed by atoms with Crippen LogP contribution in [0.15, 0.2) is 16.6 Å². The zero-order valence-corrected chi connectivity index (χ0v) is 11.4. The predicted octanol–water partition coefficient (Wildman–Crippen LogP) is 4.72. The minimum atomic E-state index is -0.432. The number of benzene rings is 1. The molecule has 0 radical (unpaired) electrons. The molecule has 0 heterocycles. The third kappa shape index (κ3) is 2.97. The number of halogens is 3. The first-order chi connectivity index (χ1) is 8.10. The van der Waals surface area contributed by atoms with Crippen LogP contribution in [-0.4, -0.2) is 6.04 Å². The summed E-state index contributed by atoms with van der Waals surface area (Å²) in [4.78, 5) is 0. The molecule has 2 unspecified atom stereocenters. The highest BCUT2D eigenvalue weighted by molar-refractivity contribution is 9.10. The van der Waals surface area contributed by atoms with Crippen molar-refractivity contribution in [1.82, 2.24) is 0 Å². The van der Waals surface area contributed by atoms with E-state index < -0.39 is 11.6 Å². The standard InChI is InChI=1S/C13H16BrF2N/c1-2-8-3-4-9(5-8)17-13-7-11(15)10(14)6-12(13)16/h6-9,17H,2-5H2,1H3. The highest BCUT2D eigenvalue weighted by Gasteiger charge is 2.24. The van der Waals surface area contributed by atoms with Gasteiger partial charge in [-0.05, 0) is 47.2 Å². The molecule has 1 aromatic carbocycles. The average Bonchev–Trinajstić information content (AvgIpc) is 2.73. The van der Waals surface area contributed by atoms with Crippen LogP contribution >= 0.6 is 15.9 Å². The predicted molar refractivity (Wildman–Crippen MR) is 69.1 cm³/mol. The summed E-state index contributed by atoms with van der Waals surface area (Å²) in [6, 6.07) is 2.66. The Morgan fingerprint density at radius 2 is 2.06 bits per heavy atom. The second kappa shape index (κ2) is 5.34. The zero-order chi connectivity index (χ0) is 12.4. The quantitative estimate of drug-likeness (QED) is 0.797. The second-order valence-corrected chi connectivity index (χ2v) is 5.53. The highest BCUT2D eigenvalue weighted by Crippen LogP contribution is 2.31. The number of hydrogen-bond donors (Lipinski definition) is 1. The summed E-state index contributed by atoms with van der Waals surface area (Å²) in [7, 11) is 0. The molecular weight excluding hydrogens is 288 g/mol. The van der Waals surface area contributed by atoms with Crippen LogP contribution in [0, 0.1) is 17.6 Å². The van der Waals surface area contributed by atoms with Crippen molar-refractivity contribution in [1.29, 1.82) is 0 Å². The number of anilines is 1. The van der Waals surface area contributed by atoms with Crippen LogP contribution in [0.25, 0.3) is 0 Å². The van der Waals surface area contributed by atoms with E-state index in [9.17, 15) is 8.78 Å². The van der Waals surface area contributed by atoms with Crippen molar-refractivity contribution < 1.29 is 8.78 Å². The van der Waals surface area contributed by atoms with E-state index in [1.54, 1.807) is 0 Å². The van der Waals surface area contributed by atoms with Crippen molar-refractivity contribution in [3.05, 3.63) is 28.2 Å². The molecule has 1 N–H and O–H groups in total. The Labute approximate surface area is 109 Å². The monoisotopic (exact) mass is 303 g/mol. The average molecular weight is 304 g/mol. The maximum absolute atomic E-state index is 13.6. The molecule has 2 atom stereocenters. The van der Waals surface area contributed by atoms with Crippen molar-refractivity contribution in [3.8, 4) is 0 Å². The summed E-state index contributed by atoms with van der Waals surface area (Å²) in [5.41, 5.74) is 0.271. The molecule has 0 saturated heterocycles. The second-order valence-electron chi connectivity index (χ2n) is 4.67. The molecule has 2 rings (SSSR count). The molecule has 1 aliphatic rings. The molecular formula is C13H16BrF2N. The maximum Gasteiger partial charge on any atom is 0.147 e. The number of nitrogens with one attached hydrogen (secondary N) is 1. The minimum Gasteiger partial charge on any atom is -0.380 e. The van der Waals surface area contributed by atoms with Gasteiger partial charge in [0.2, 0.25) is 0 Å². The van der Waals surface area contributed by atoms with E-state index >= 15 is 0 Å². The lowest BCUT2D eigenvalue weighted by Crippen LogP contribution is -2.16. The van der Waals surface area contributed by atoms with Crippen LogP contribution in [0.3, 0.4) is 0 Å². The lowest BCUT2D eigenvalue weighted by Gasteiger charge is -2.15. The number of hydrogen-bond acceptors (Lipinski definition) is 1. The first-order valence-corrected chi connectivity index (χ1v) is 6.80. The summed E-state index contributed by atoms with van der Waals surface area (Å²) < 4.78 is 27.1. The fourth-order valence-corrected chi connectivity index (χ4v) is 2.75. The summed E-state index contributed by atoms with van der Waals surface area (Å²) in [6.07, 6.45) is 4.42. The van der Waals surface area contributed by atoms with Crippen LogP contribution in [0.2, 0.25) is 0 Å². The molecule has 1 saturated carbocycles. The third-order valence-electron chi connectivity index (χ3n) is 3.49. The normalized spacial score (nSPS) is 24.0. The minimum absolute atomic E-state index is 0.165. The summed E-state index contributed by atoms with van der Waals surface area (Å²) in [6.45, 7) is 2.17. The molecule has 0 amide bonds. The van der Waals surface area contributed by atoms with E-state index in [4.69, 9.17) is 0 Å². The van der Waals surface area contributed by atoms with Gasteiger partial charge in [0.1, 0.15) is 11.6 Å². The summed E-state index contributed by atoms with van der Waals surface area (Å²) in [5.74, 6) is -0.118. The van der Waals surface area contributed by atoms with Crippen LogP contribution in [0.4, 0.5) is 14.5 Å². The van der Waals surface area contributed by atoms with Crippen molar-refractivity contribution in [3.63, 3.8) is 0 Å². The molecule has 0 bridgehead atoms. The Morgan fingerprint density at radius 3 is 2.71 bits per heavy atom. The molecule has 1 nitrogen and oxygen atoms in total. The highest BCUT2D eigenvalue weighted by atomic mass is 79.9. The maximum atomic E-state index is 13.6. The van der Waals surface area contributed by atoms with Gasteiger partial charge in [-0.25, -0.2) is 8.78 Å². The van der Waals surface area contributed by atoms with Crippen molar-refractivity contribution in [2.45, 2.75) is 38.6 Å². The van der Waals surface area contributed by atoms with E-state index in [2.05, 4.69) is 28.2 Å². The van der Waals surface area contributed by atoms with Gasteiger partial charge in [-0.2, -0.15) is 0 Å². The molecule has 1 aliphatic carbocycles. The van der Waals surface area contributed by atoms with E-state index in [0.717, 1.165) is 25.2 Å². The Morgan fingerprint density at radius 1 is 1.29 bits per heavy atom. The van der Waals surface area contributed by atoms with E-state index in [-0.39, 0.29) is 16.2 Å². The van der Waals surface area contributed by atoms with Crippen LogP contribution in [-0.2, 0) is 0 Å². The zero-order valence-electron chi connectivity index (χ0n) is 9.77. The van der Waals surface area contributed by atoms with E-state index in [1.807, 2.05) is 0 Å². The largest absolute Gasteiger partial charge is 0.380 e. The van der Waals surface area contributed by atoms with Gasteiger partial charge in [-0.1, -0.05) is 13.3 Å². The van der Waals surface area contributed by atoms with Gasteiger partial charge in [0.05, 0.1) is 10.2 Å². The van der Waals surface area contributed by atoms with Gasteiger partial charge in [0, 0.05) is 12.1 Å². The van der Waals surface area contributed by atoms with Gasteiger partial charge >= 0.3 is 0 Å². The Bertz CT molecular complexity index is 409. The Kier molecular flexibility index (Phi) is 4.02. The van der Waals surface area contributed by atoms with Crippen LogP contribution in [0.1, 0.15) is 32.6 Å². The van der Waals surface area contributed by atoms with Gasteiger partial charge in [0.25, 0.3) is 0 Å². The van der Waals surface area contributed by atoms with Crippen LogP contribution in [0.5, 0.6) is 0 Å². The smallest absolute Gasteiger partial charge is 0.147 e. The molecule has 94 valence electrons. The fourth-order valence-electron chi connectivity index (χ4n) is 2.43. The van der Waals surface area contributed by atoms with E-state index in [0.29, 0.717) is 0 Å². The number of rotatable bonds is 3. The summed E-state index contributed by atoms with van der Waals surface area (Å²) >= 11 is 2.97. The summed E-state index contributed by atoms with van der Waals surface area (Å²) in [5, 5.41) is 3.11. The molecule has 4 heteroatoms. The Balaban J connectivity index is 2.06. The van der Waals surface area contributed by atoms with E-state index in [1.165, 1.54) is 18.6 Å².